The lowest BCUT2D eigenvalue weighted by Gasteiger charge is -2.39. The molecular formula is C25H30N4O2S. The molecule has 0 aliphatic carbocycles. The van der Waals surface area contributed by atoms with Gasteiger partial charge in [-0.3, -0.25) is 9.36 Å². The fourth-order valence-electron chi connectivity index (χ4n) is 4.39. The highest BCUT2D eigenvalue weighted by Crippen LogP contribution is 2.28. The number of benzene rings is 2. The number of nitrogens with zero attached hydrogens (tertiary/aromatic N) is 4. The van der Waals surface area contributed by atoms with Crippen molar-refractivity contribution in [2.75, 3.05) is 12.9 Å². The second-order valence-corrected chi connectivity index (χ2v) is 9.26. The molecule has 3 aromatic rings. The molecule has 1 saturated heterocycles. The number of hydrogen-bond donors (Lipinski definition) is 0. The van der Waals surface area contributed by atoms with Crippen molar-refractivity contribution < 1.29 is 9.53 Å². The Hall–Kier alpha value is -2.80. The number of hydrogen-bond acceptors (Lipinski definition) is 5. The lowest BCUT2D eigenvalue weighted by atomic mass is 9.98. The molecular weight excluding hydrogens is 420 g/mol. The van der Waals surface area contributed by atoms with Crippen LogP contribution in [-0.2, 0) is 11.2 Å². The zero-order chi connectivity index (χ0) is 22.5. The summed E-state index contributed by atoms with van der Waals surface area (Å²) in [4.78, 5) is 15.1. The summed E-state index contributed by atoms with van der Waals surface area (Å²) in [5.41, 5.74) is 2.12. The SMILES string of the molecule is COc1ccc(-n2c(Cc3ccccc3)nnc2SCC(=O)N2C(C)CCCC2C)cc1. The first kappa shape index (κ1) is 22.4. The van der Waals surface area contributed by atoms with Gasteiger partial charge in [0, 0.05) is 24.2 Å². The molecule has 2 atom stereocenters. The molecule has 6 nitrogen and oxygen atoms in total. The Bertz CT molecular complexity index is 1030. The molecule has 32 heavy (non-hydrogen) atoms. The van der Waals surface area contributed by atoms with Crippen molar-refractivity contribution >= 4 is 17.7 Å². The van der Waals surface area contributed by atoms with Crippen molar-refractivity contribution in [2.45, 2.75) is 56.8 Å². The molecule has 2 heterocycles. The smallest absolute Gasteiger partial charge is 0.233 e. The van der Waals surface area contributed by atoms with Crippen LogP contribution in [0.3, 0.4) is 0 Å². The van der Waals surface area contributed by atoms with E-state index in [1.165, 1.54) is 23.7 Å². The van der Waals surface area contributed by atoms with Gasteiger partial charge in [-0.15, -0.1) is 10.2 Å². The third-order valence-electron chi connectivity index (χ3n) is 6.04. The van der Waals surface area contributed by atoms with Gasteiger partial charge in [-0.05, 0) is 62.9 Å². The lowest BCUT2D eigenvalue weighted by Crippen LogP contribution is -2.48. The molecule has 4 rings (SSSR count). The van der Waals surface area contributed by atoms with E-state index in [4.69, 9.17) is 4.74 Å². The minimum atomic E-state index is 0.170. The zero-order valence-electron chi connectivity index (χ0n) is 18.9. The zero-order valence-corrected chi connectivity index (χ0v) is 19.7. The quantitative estimate of drug-likeness (QED) is 0.486. The number of rotatable bonds is 7. The third-order valence-corrected chi connectivity index (χ3v) is 6.96. The van der Waals surface area contributed by atoms with Crippen LogP contribution in [0, 0.1) is 0 Å². The molecule has 0 saturated carbocycles. The Morgan fingerprint density at radius 3 is 2.38 bits per heavy atom. The second-order valence-electron chi connectivity index (χ2n) is 8.31. The van der Waals surface area contributed by atoms with Gasteiger partial charge in [0.05, 0.1) is 12.9 Å². The van der Waals surface area contributed by atoms with Crippen LogP contribution in [0.25, 0.3) is 5.69 Å². The van der Waals surface area contributed by atoms with Crippen LogP contribution in [0.2, 0.25) is 0 Å². The molecule has 1 aliphatic heterocycles. The number of methoxy groups -OCH3 is 1. The van der Waals surface area contributed by atoms with Gasteiger partial charge >= 0.3 is 0 Å². The highest BCUT2D eigenvalue weighted by molar-refractivity contribution is 7.99. The summed E-state index contributed by atoms with van der Waals surface area (Å²) in [7, 11) is 1.66. The van der Waals surface area contributed by atoms with Crippen LogP contribution < -0.4 is 4.74 Å². The third kappa shape index (κ3) is 4.99. The summed E-state index contributed by atoms with van der Waals surface area (Å²) in [6.45, 7) is 4.30. The number of thioether (sulfide) groups is 1. The maximum absolute atomic E-state index is 13.1. The summed E-state index contributed by atoms with van der Waals surface area (Å²) < 4.78 is 7.36. The van der Waals surface area contributed by atoms with Crippen LogP contribution in [0.4, 0.5) is 0 Å². The Balaban J connectivity index is 1.58. The van der Waals surface area contributed by atoms with Crippen LogP contribution in [-0.4, -0.2) is 50.5 Å². The highest BCUT2D eigenvalue weighted by atomic mass is 32.2. The first-order valence-electron chi connectivity index (χ1n) is 11.1. The number of piperidine rings is 1. The molecule has 1 fully saturated rings. The number of amides is 1. The van der Waals surface area contributed by atoms with Crippen molar-refractivity contribution in [3.05, 3.63) is 66.0 Å². The molecule has 0 N–H and O–H groups in total. The normalized spacial score (nSPS) is 18.5. The Morgan fingerprint density at radius 1 is 1.03 bits per heavy atom. The fraction of sp³-hybridized carbons (Fsp3) is 0.400. The van der Waals surface area contributed by atoms with Crippen molar-refractivity contribution in [1.82, 2.24) is 19.7 Å². The van der Waals surface area contributed by atoms with Crippen LogP contribution >= 0.6 is 11.8 Å². The number of carbonyl (C=O) groups excluding carboxylic acids is 1. The van der Waals surface area contributed by atoms with E-state index in [2.05, 4.69) is 41.1 Å². The molecule has 0 radical (unpaired) electrons. The van der Waals surface area contributed by atoms with Gasteiger partial charge in [0.15, 0.2) is 5.16 Å². The standard InChI is InChI=1S/C25H30N4O2S/c1-18-8-7-9-19(2)28(18)24(30)17-32-25-27-26-23(16-20-10-5-4-6-11-20)29(25)21-12-14-22(31-3)15-13-21/h4-6,10-15,18-19H,7-9,16-17H2,1-3H3. The van der Waals surface area contributed by atoms with E-state index < -0.39 is 0 Å². The first-order chi connectivity index (χ1) is 15.6. The Kier molecular flexibility index (Phi) is 7.15. The molecule has 2 unspecified atom stereocenters. The molecule has 1 aliphatic rings. The van der Waals surface area contributed by atoms with Crippen LogP contribution in [0.15, 0.2) is 59.8 Å². The Morgan fingerprint density at radius 2 is 1.72 bits per heavy atom. The summed E-state index contributed by atoms with van der Waals surface area (Å²) in [5.74, 6) is 2.16. The van der Waals surface area contributed by atoms with E-state index in [-0.39, 0.29) is 5.91 Å². The molecule has 0 bridgehead atoms. The molecule has 0 spiro atoms. The molecule has 168 valence electrons. The topological polar surface area (TPSA) is 60.2 Å². The molecule has 1 amide bonds. The van der Waals surface area contributed by atoms with E-state index >= 15 is 0 Å². The van der Waals surface area contributed by atoms with E-state index in [0.717, 1.165) is 35.3 Å². The van der Waals surface area contributed by atoms with Gasteiger partial charge in [0.2, 0.25) is 5.91 Å². The molecule has 2 aromatic carbocycles. The summed E-state index contributed by atoms with van der Waals surface area (Å²) in [5, 5.41) is 9.68. The lowest BCUT2D eigenvalue weighted by molar-refractivity contribution is -0.134. The largest absolute Gasteiger partial charge is 0.497 e. The Labute approximate surface area is 194 Å². The van der Waals surface area contributed by atoms with E-state index in [1.54, 1.807) is 7.11 Å². The number of aromatic nitrogens is 3. The average Bonchev–Trinajstić information content (AvgIpc) is 3.20. The van der Waals surface area contributed by atoms with Gasteiger partial charge in [-0.2, -0.15) is 0 Å². The van der Waals surface area contributed by atoms with E-state index in [1.807, 2.05) is 47.0 Å². The van der Waals surface area contributed by atoms with Crippen molar-refractivity contribution in [3.8, 4) is 11.4 Å². The predicted octanol–water partition coefficient (Wildman–Crippen LogP) is 4.75. The first-order valence-corrected chi connectivity index (χ1v) is 12.1. The van der Waals surface area contributed by atoms with Crippen LogP contribution in [0.1, 0.15) is 44.5 Å². The monoisotopic (exact) mass is 450 g/mol. The second kappa shape index (κ2) is 10.2. The fourth-order valence-corrected chi connectivity index (χ4v) is 5.23. The summed E-state index contributed by atoms with van der Waals surface area (Å²) >= 11 is 1.46. The summed E-state index contributed by atoms with van der Waals surface area (Å²) in [6.07, 6.45) is 4.00. The average molecular weight is 451 g/mol. The number of likely N-dealkylation sites (tertiary alicyclic amines) is 1. The number of ether oxygens (including phenoxy) is 1. The van der Waals surface area contributed by atoms with Crippen molar-refractivity contribution in [2.24, 2.45) is 0 Å². The van der Waals surface area contributed by atoms with Gasteiger partial charge in [0.1, 0.15) is 11.6 Å². The van der Waals surface area contributed by atoms with Gasteiger partial charge in [-0.1, -0.05) is 42.1 Å². The highest BCUT2D eigenvalue weighted by Gasteiger charge is 2.29. The van der Waals surface area contributed by atoms with Gasteiger partial charge in [-0.25, -0.2) is 0 Å². The summed E-state index contributed by atoms with van der Waals surface area (Å²) in [6, 6.07) is 18.7. The predicted molar refractivity (Wildman–Crippen MR) is 128 cm³/mol. The van der Waals surface area contributed by atoms with Gasteiger partial charge in [0.25, 0.3) is 0 Å². The molecule has 1 aromatic heterocycles. The van der Waals surface area contributed by atoms with Crippen molar-refractivity contribution in [1.29, 1.82) is 0 Å². The van der Waals surface area contributed by atoms with E-state index in [0.29, 0.717) is 24.3 Å². The maximum Gasteiger partial charge on any atom is 0.233 e. The molecule has 7 heteroatoms. The van der Waals surface area contributed by atoms with Crippen molar-refractivity contribution in [3.63, 3.8) is 0 Å². The number of carbonyl (C=O) groups is 1. The minimum Gasteiger partial charge on any atom is -0.497 e. The maximum atomic E-state index is 13.1. The minimum absolute atomic E-state index is 0.170. The van der Waals surface area contributed by atoms with Gasteiger partial charge < -0.3 is 9.64 Å². The van der Waals surface area contributed by atoms with E-state index in [9.17, 15) is 4.79 Å². The van der Waals surface area contributed by atoms with Crippen LogP contribution in [0.5, 0.6) is 5.75 Å².